The smallest absolute Gasteiger partial charge is 0.337 e. The van der Waals surface area contributed by atoms with E-state index in [9.17, 15) is 14.9 Å². The molecule has 9 heteroatoms. The van der Waals surface area contributed by atoms with Gasteiger partial charge < -0.3 is 15.2 Å². The fourth-order valence-electron chi connectivity index (χ4n) is 2.00. The van der Waals surface area contributed by atoms with E-state index in [-0.39, 0.29) is 17.1 Å². The quantitative estimate of drug-likeness (QED) is 0.573. The van der Waals surface area contributed by atoms with Gasteiger partial charge in [0.1, 0.15) is 0 Å². The van der Waals surface area contributed by atoms with Gasteiger partial charge in [-0.05, 0) is 0 Å². The number of rotatable bonds is 6. The van der Waals surface area contributed by atoms with Crippen molar-refractivity contribution in [2.24, 2.45) is 0 Å². The second-order valence-electron chi connectivity index (χ2n) is 4.53. The average molecular weight is 296 g/mol. The van der Waals surface area contributed by atoms with Crippen molar-refractivity contribution in [1.29, 1.82) is 0 Å². The lowest BCUT2D eigenvalue weighted by Gasteiger charge is -2.26. The van der Waals surface area contributed by atoms with Crippen LogP contribution in [0.25, 0.3) is 0 Å². The maximum absolute atomic E-state index is 11.0. The summed E-state index contributed by atoms with van der Waals surface area (Å²) in [7, 11) is 0. The molecule has 1 aliphatic rings. The Morgan fingerprint density at radius 3 is 2.86 bits per heavy atom. The third-order valence-electron chi connectivity index (χ3n) is 3.14. The highest BCUT2D eigenvalue weighted by molar-refractivity contribution is 5.88. The van der Waals surface area contributed by atoms with Crippen molar-refractivity contribution >= 4 is 17.5 Å². The van der Waals surface area contributed by atoms with E-state index in [0.717, 1.165) is 25.4 Å². The van der Waals surface area contributed by atoms with Gasteiger partial charge in [-0.25, -0.2) is 9.78 Å². The van der Waals surface area contributed by atoms with E-state index in [4.69, 9.17) is 9.84 Å². The molecule has 0 atom stereocenters. The van der Waals surface area contributed by atoms with E-state index in [2.05, 4.69) is 15.2 Å². The summed E-state index contributed by atoms with van der Waals surface area (Å²) in [5.41, 5.74) is -0.544. The number of nitrogens with zero attached hydrogens (tertiary/aromatic N) is 3. The molecule has 114 valence electrons. The van der Waals surface area contributed by atoms with Crippen LogP contribution in [0.15, 0.2) is 12.3 Å². The van der Waals surface area contributed by atoms with Crippen molar-refractivity contribution in [3.05, 3.63) is 27.9 Å². The molecule has 2 N–H and O–H groups in total. The Morgan fingerprint density at radius 2 is 2.24 bits per heavy atom. The molecule has 0 aliphatic carbocycles. The van der Waals surface area contributed by atoms with Gasteiger partial charge in [-0.15, -0.1) is 0 Å². The largest absolute Gasteiger partial charge is 0.478 e. The van der Waals surface area contributed by atoms with Gasteiger partial charge in [0.05, 0.1) is 23.7 Å². The Hall–Kier alpha value is -2.26. The van der Waals surface area contributed by atoms with Crippen molar-refractivity contribution in [3.63, 3.8) is 0 Å². The van der Waals surface area contributed by atoms with Crippen LogP contribution in [0, 0.1) is 10.1 Å². The highest BCUT2D eigenvalue weighted by Gasteiger charge is 2.19. The summed E-state index contributed by atoms with van der Waals surface area (Å²) in [6, 6.07) is 1.01. The maximum Gasteiger partial charge on any atom is 0.337 e. The molecule has 1 aromatic heterocycles. The summed E-state index contributed by atoms with van der Waals surface area (Å²) in [4.78, 5) is 27.1. The summed E-state index contributed by atoms with van der Waals surface area (Å²) >= 11 is 0. The monoisotopic (exact) mass is 296 g/mol. The Balaban J connectivity index is 1.98. The second-order valence-corrected chi connectivity index (χ2v) is 4.53. The molecule has 0 radical (unpaired) electrons. The summed E-state index contributed by atoms with van der Waals surface area (Å²) in [6.45, 7) is 4.23. The van der Waals surface area contributed by atoms with E-state index in [1.165, 1.54) is 0 Å². The van der Waals surface area contributed by atoms with Crippen LogP contribution >= 0.6 is 0 Å². The van der Waals surface area contributed by atoms with Crippen molar-refractivity contribution in [2.45, 2.75) is 0 Å². The Kier molecular flexibility index (Phi) is 5.01. The van der Waals surface area contributed by atoms with Gasteiger partial charge in [0.2, 0.25) is 5.82 Å². The minimum atomic E-state index is -1.24. The van der Waals surface area contributed by atoms with Crippen molar-refractivity contribution in [1.82, 2.24) is 9.88 Å². The molecule has 0 unspecified atom stereocenters. The van der Waals surface area contributed by atoms with Gasteiger partial charge in [-0.3, -0.25) is 15.0 Å². The first-order valence-corrected chi connectivity index (χ1v) is 6.49. The molecule has 0 saturated carbocycles. The van der Waals surface area contributed by atoms with Crippen LogP contribution in [0.2, 0.25) is 0 Å². The van der Waals surface area contributed by atoms with Crippen LogP contribution in [0.4, 0.5) is 11.5 Å². The number of nitro groups is 1. The molecule has 9 nitrogen and oxygen atoms in total. The third kappa shape index (κ3) is 4.10. The molecule has 2 rings (SSSR count). The molecule has 21 heavy (non-hydrogen) atoms. The number of morpholine rings is 1. The molecular weight excluding hydrogens is 280 g/mol. The first kappa shape index (κ1) is 15.1. The second kappa shape index (κ2) is 6.95. The van der Waals surface area contributed by atoms with Crippen LogP contribution in [0.3, 0.4) is 0 Å². The summed E-state index contributed by atoms with van der Waals surface area (Å²) in [6.07, 6.45) is 1.10. The number of aromatic carboxylic acids is 1. The Bertz CT molecular complexity index is 530. The van der Waals surface area contributed by atoms with E-state index in [0.29, 0.717) is 26.3 Å². The summed E-state index contributed by atoms with van der Waals surface area (Å²) in [5, 5.41) is 22.7. The van der Waals surface area contributed by atoms with E-state index in [1.54, 1.807) is 0 Å². The van der Waals surface area contributed by atoms with Crippen molar-refractivity contribution in [3.8, 4) is 0 Å². The third-order valence-corrected chi connectivity index (χ3v) is 3.14. The zero-order valence-electron chi connectivity index (χ0n) is 11.3. The highest BCUT2D eigenvalue weighted by Crippen LogP contribution is 2.22. The molecule has 0 spiro atoms. The Labute approximate surface area is 120 Å². The van der Waals surface area contributed by atoms with E-state index < -0.39 is 10.9 Å². The lowest BCUT2D eigenvalue weighted by molar-refractivity contribution is -0.384. The zero-order chi connectivity index (χ0) is 15.2. The van der Waals surface area contributed by atoms with E-state index in [1.807, 2.05) is 0 Å². The maximum atomic E-state index is 11.0. The number of nitrogens with one attached hydrogen (secondary N) is 1. The van der Waals surface area contributed by atoms with E-state index >= 15 is 0 Å². The number of hydrogen-bond acceptors (Lipinski definition) is 7. The van der Waals surface area contributed by atoms with Gasteiger partial charge in [-0.1, -0.05) is 0 Å². The molecule has 0 amide bonds. The molecule has 1 fully saturated rings. The first-order chi connectivity index (χ1) is 10.1. The minimum Gasteiger partial charge on any atom is -0.478 e. The molecule has 0 aromatic carbocycles. The van der Waals surface area contributed by atoms with Crippen LogP contribution in [0.5, 0.6) is 0 Å². The molecule has 2 heterocycles. The highest BCUT2D eigenvalue weighted by atomic mass is 16.6. The molecule has 1 aliphatic heterocycles. The predicted molar refractivity (Wildman–Crippen MR) is 73.6 cm³/mol. The number of pyridine rings is 1. The number of anilines is 1. The predicted octanol–water partition coefficient (Wildman–Crippen LogP) is 0.432. The number of carbonyl (C=O) groups is 1. The van der Waals surface area contributed by atoms with Gasteiger partial charge >= 0.3 is 11.7 Å². The normalized spacial score (nSPS) is 15.6. The molecule has 0 bridgehead atoms. The lowest BCUT2D eigenvalue weighted by atomic mass is 10.2. The summed E-state index contributed by atoms with van der Waals surface area (Å²) in [5.74, 6) is -1.16. The number of ether oxygens (including phenoxy) is 1. The van der Waals surface area contributed by atoms with Crippen LogP contribution in [-0.2, 0) is 4.74 Å². The van der Waals surface area contributed by atoms with Crippen LogP contribution < -0.4 is 5.32 Å². The van der Waals surface area contributed by atoms with Gasteiger partial charge in [0.25, 0.3) is 0 Å². The van der Waals surface area contributed by atoms with Gasteiger partial charge in [0, 0.05) is 38.4 Å². The van der Waals surface area contributed by atoms with Crippen molar-refractivity contribution < 1.29 is 19.6 Å². The fourth-order valence-corrected chi connectivity index (χ4v) is 2.00. The lowest BCUT2D eigenvalue weighted by Crippen LogP contribution is -2.39. The number of carboxylic acid groups (broad SMARTS) is 1. The van der Waals surface area contributed by atoms with Gasteiger partial charge in [0.15, 0.2) is 0 Å². The van der Waals surface area contributed by atoms with Crippen LogP contribution in [0.1, 0.15) is 10.4 Å². The fraction of sp³-hybridized carbons (Fsp3) is 0.500. The number of aromatic nitrogens is 1. The number of carboxylic acids is 1. The number of hydrogen-bond donors (Lipinski definition) is 2. The standard InChI is InChI=1S/C12H16N4O5/c17-12(18)9-7-10(16(19)20)11(14-8-9)13-1-2-15-3-5-21-6-4-15/h7-8H,1-6H2,(H,13,14)(H,17,18). The van der Waals surface area contributed by atoms with Gasteiger partial charge in [-0.2, -0.15) is 0 Å². The average Bonchev–Trinajstić information content (AvgIpc) is 2.48. The molecule has 1 aromatic rings. The zero-order valence-corrected chi connectivity index (χ0v) is 11.3. The Morgan fingerprint density at radius 1 is 1.52 bits per heavy atom. The topological polar surface area (TPSA) is 118 Å². The SMILES string of the molecule is O=C(O)c1cnc(NCCN2CCOCC2)c([N+](=O)[O-])c1. The molecule has 1 saturated heterocycles. The van der Waals surface area contributed by atoms with Crippen molar-refractivity contribution in [2.75, 3.05) is 44.7 Å². The minimum absolute atomic E-state index is 0.0817. The molecular formula is C12H16N4O5. The first-order valence-electron chi connectivity index (χ1n) is 6.49. The van der Waals surface area contributed by atoms with Crippen LogP contribution in [-0.4, -0.2) is 65.3 Å². The summed E-state index contributed by atoms with van der Waals surface area (Å²) < 4.78 is 5.23.